The topological polar surface area (TPSA) is 15.6 Å². The molecule has 3 heteroatoms. The molecule has 1 aliphatic heterocycles. The summed E-state index contributed by atoms with van der Waals surface area (Å²) >= 11 is 0. The molecule has 0 bridgehead atoms. The predicted molar refractivity (Wildman–Crippen MR) is 71.3 cm³/mol. The number of hydrogen-bond acceptors (Lipinski definition) is 2. The van der Waals surface area contributed by atoms with Crippen molar-refractivity contribution < 1.29 is 4.39 Å². The van der Waals surface area contributed by atoms with Crippen molar-refractivity contribution >= 4 is 11.4 Å². The highest BCUT2D eigenvalue weighted by Gasteiger charge is 2.16. The Morgan fingerprint density at radius 1 is 0.944 bits per heavy atom. The van der Waals surface area contributed by atoms with Crippen LogP contribution in [0.4, 0.5) is 10.1 Å². The maximum absolute atomic E-state index is 12.9. The number of nitrogens with zero attached hydrogens (tertiary/aromatic N) is 2. The summed E-state index contributed by atoms with van der Waals surface area (Å²) in [6.45, 7) is 0.843. The van der Waals surface area contributed by atoms with E-state index in [1.807, 2.05) is 23.2 Å². The molecular formula is C15H13FN2. The summed E-state index contributed by atoms with van der Waals surface area (Å²) in [6, 6.07) is 16.6. The Kier molecular flexibility index (Phi) is 2.81. The van der Waals surface area contributed by atoms with Crippen molar-refractivity contribution in [3.8, 4) is 0 Å². The van der Waals surface area contributed by atoms with Gasteiger partial charge in [-0.1, -0.05) is 30.3 Å². The summed E-state index contributed by atoms with van der Waals surface area (Å²) in [4.78, 5) is 0. The fraction of sp³-hybridized carbons (Fsp3) is 0.133. The van der Waals surface area contributed by atoms with Gasteiger partial charge in [0.25, 0.3) is 0 Å². The van der Waals surface area contributed by atoms with Crippen molar-refractivity contribution in [3.05, 3.63) is 66.0 Å². The Bertz CT molecular complexity index is 561. The highest BCUT2D eigenvalue weighted by molar-refractivity contribution is 6.02. The number of anilines is 1. The zero-order valence-corrected chi connectivity index (χ0v) is 9.88. The van der Waals surface area contributed by atoms with E-state index in [2.05, 4.69) is 17.2 Å². The Morgan fingerprint density at radius 3 is 2.39 bits per heavy atom. The lowest BCUT2D eigenvalue weighted by atomic mass is 10.1. The van der Waals surface area contributed by atoms with E-state index in [-0.39, 0.29) is 5.82 Å². The van der Waals surface area contributed by atoms with Crippen molar-refractivity contribution in [2.45, 2.75) is 6.42 Å². The second-order valence-corrected chi connectivity index (χ2v) is 4.26. The van der Waals surface area contributed by atoms with Crippen LogP contribution < -0.4 is 5.01 Å². The van der Waals surface area contributed by atoms with E-state index in [9.17, 15) is 4.39 Å². The molecule has 0 atom stereocenters. The van der Waals surface area contributed by atoms with Gasteiger partial charge in [0.05, 0.1) is 11.4 Å². The molecule has 0 N–H and O–H groups in total. The van der Waals surface area contributed by atoms with Crippen LogP contribution in [0.2, 0.25) is 0 Å². The van der Waals surface area contributed by atoms with Crippen molar-refractivity contribution in [2.24, 2.45) is 5.10 Å². The molecule has 0 aromatic heterocycles. The van der Waals surface area contributed by atoms with Gasteiger partial charge in [-0.25, -0.2) is 4.39 Å². The third-order valence-corrected chi connectivity index (χ3v) is 3.03. The molecule has 0 aliphatic carbocycles. The number of hydrogen-bond donors (Lipinski definition) is 0. The lowest BCUT2D eigenvalue weighted by Crippen LogP contribution is -2.11. The van der Waals surface area contributed by atoms with Crippen LogP contribution in [0.25, 0.3) is 0 Å². The van der Waals surface area contributed by atoms with E-state index in [0.717, 1.165) is 29.9 Å². The number of hydrazone groups is 1. The van der Waals surface area contributed by atoms with Crippen molar-refractivity contribution in [3.63, 3.8) is 0 Å². The Morgan fingerprint density at radius 2 is 1.67 bits per heavy atom. The number of rotatable bonds is 2. The average molecular weight is 240 g/mol. The second kappa shape index (κ2) is 4.61. The molecule has 2 nitrogen and oxygen atoms in total. The van der Waals surface area contributed by atoms with Gasteiger partial charge in [0.1, 0.15) is 5.82 Å². The van der Waals surface area contributed by atoms with Crippen LogP contribution in [0.1, 0.15) is 12.0 Å². The van der Waals surface area contributed by atoms with E-state index >= 15 is 0 Å². The minimum Gasteiger partial charge on any atom is -0.265 e. The first-order valence-electron chi connectivity index (χ1n) is 5.99. The lowest BCUT2D eigenvalue weighted by Gasteiger charge is -2.12. The van der Waals surface area contributed by atoms with Gasteiger partial charge in [0, 0.05) is 13.0 Å². The van der Waals surface area contributed by atoms with E-state index in [1.54, 1.807) is 12.1 Å². The van der Waals surface area contributed by atoms with E-state index in [1.165, 1.54) is 12.1 Å². The molecule has 2 aromatic carbocycles. The van der Waals surface area contributed by atoms with Gasteiger partial charge in [0.15, 0.2) is 0 Å². The van der Waals surface area contributed by atoms with Crippen LogP contribution in [0.15, 0.2) is 59.7 Å². The fourth-order valence-corrected chi connectivity index (χ4v) is 2.09. The molecule has 3 rings (SSSR count). The quantitative estimate of drug-likeness (QED) is 0.785. The summed E-state index contributed by atoms with van der Waals surface area (Å²) in [5.74, 6) is -0.217. The maximum Gasteiger partial charge on any atom is 0.123 e. The first kappa shape index (κ1) is 11.0. The molecule has 1 heterocycles. The number of halogens is 1. The smallest absolute Gasteiger partial charge is 0.123 e. The zero-order chi connectivity index (χ0) is 12.4. The minimum atomic E-state index is -0.217. The van der Waals surface area contributed by atoms with Crippen LogP contribution >= 0.6 is 0 Å². The van der Waals surface area contributed by atoms with Gasteiger partial charge in [-0.2, -0.15) is 5.10 Å². The molecule has 0 fully saturated rings. The molecule has 2 aromatic rings. The monoisotopic (exact) mass is 240 g/mol. The standard InChI is InChI=1S/C15H13FN2/c16-13-6-8-14(9-7-13)18-11-10-15(17-18)12-4-2-1-3-5-12/h1-9H,10-11H2. The van der Waals surface area contributed by atoms with Crippen LogP contribution in [0, 0.1) is 5.82 Å². The highest BCUT2D eigenvalue weighted by Crippen LogP contribution is 2.21. The summed E-state index contributed by atoms with van der Waals surface area (Å²) in [7, 11) is 0. The summed E-state index contributed by atoms with van der Waals surface area (Å²) < 4.78 is 12.9. The fourth-order valence-electron chi connectivity index (χ4n) is 2.09. The van der Waals surface area contributed by atoms with E-state index < -0.39 is 0 Å². The Hall–Kier alpha value is -2.16. The predicted octanol–water partition coefficient (Wildman–Crippen LogP) is 3.44. The first-order chi connectivity index (χ1) is 8.83. The summed E-state index contributed by atoms with van der Waals surface area (Å²) in [5, 5.41) is 6.50. The molecule has 1 aliphatic rings. The third kappa shape index (κ3) is 2.12. The Balaban J connectivity index is 1.85. The van der Waals surface area contributed by atoms with Gasteiger partial charge < -0.3 is 0 Å². The molecule has 0 saturated heterocycles. The van der Waals surface area contributed by atoms with Gasteiger partial charge in [-0.3, -0.25) is 5.01 Å². The average Bonchev–Trinajstić information content (AvgIpc) is 2.90. The molecule has 0 unspecified atom stereocenters. The van der Waals surface area contributed by atoms with Crippen LogP contribution in [0.3, 0.4) is 0 Å². The molecule has 0 saturated carbocycles. The second-order valence-electron chi connectivity index (χ2n) is 4.26. The van der Waals surface area contributed by atoms with Crippen LogP contribution in [-0.4, -0.2) is 12.3 Å². The molecule has 90 valence electrons. The zero-order valence-electron chi connectivity index (χ0n) is 9.88. The third-order valence-electron chi connectivity index (χ3n) is 3.03. The van der Waals surface area contributed by atoms with Gasteiger partial charge in [-0.15, -0.1) is 0 Å². The minimum absolute atomic E-state index is 0.217. The summed E-state index contributed by atoms with van der Waals surface area (Å²) in [6.07, 6.45) is 0.918. The number of benzene rings is 2. The normalized spacial score (nSPS) is 14.7. The van der Waals surface area contributed by atoms with Crippen molar-refractivity contribution in [1.29, 1.82) is 0 Å². The largest absolute Gasteiger partial charge is 0.265 e. The SMILES string of the molecule is Fc1ccc(N2CCC(c3ccccc3)=N2)cc1. The van der Waals surface area contributed by atoms with E-state index in [0.29, 0.717) is 0 Å². The van der Waals surface area contributed by atoms with Gasteiger partial charge in [-0.05, 0) is 29.8 Å². The molecule has 0 amide bonds. The van der Waals surface area contributed by atoms with Crippen molar-refractivity contribution in [1.82, 2.24) is 0 Å². The maximum atomic E-state index is 12.9. The molecule has 18 heavy (non-hydrogen) atoms. The first-order valence-corrected chi connectivity index (χ1v) is 5.99. The van der Waals surface area contributed by atoms with Gasteiger partial charge >= 0.3 is 0 Å². The summed E-state index contributed by atoms with van der Waals surface area (Å²) in [5.41, 5.74) is 3.17. The van der Waals surface area contributed by atoms with Crippen LogP contribution in [0.5, 0.6) is 0 Å². The Labute approximate surface area is 105 Å². The van der Waals surface area contributed by atoms with E-state index in [4.69, 9.17) is 0 Å². The van der Waals surface area contributed by atoms with Crippen LogP contribution in [-0.2, 0) is 0 Å². The molecular weight excluding hydrogens is 227 g/mol. The molecule has 0 spiro atoms. The molecule has 0 radical (unpaired) electrons. The van der Waals surface area contributed by atoms with Crippen molar-refractivity contribution in [2.75, 3.05) is 11.6 Å². The van der Waals surface area contributed by atoms with Gasteiger partial charge in [0.2, 0.25) is 0 Å². The highest BCUT2D eigenvalue weighted by atomic mass is 19.1. The lowest BCUT2D eigenvalue weighted by molar-refractivity contribution is 0.627.